The molecule has 1 saturated heterocycles. The molecular weight excluding hydrogens is 520 g/mol. The molecule has 5 atom stereocenters. The normalized spacial score (nSPS) is 19.7. The number of hydrogen-bond donors (Lipinski definition) is 2. The molecule has 200 valence electrons. The summed E-state index contributed by atoms with van der Waals surface area (Å²) in [4.78, 5) is 32.4. The topological polar surface area (TPSA) is 92.8 Å². The second kappa shape index (κ2) is 11.3. The number of aromatic nitrogens is 1. The molecule has 2 N–H and O–H groups in total. The largest absolute Gasteiger partial charge is 0.497 e. The molecule has 0 spiro atoms. The number of carbonyl (C=O) groups is 2. The summed E-state index contributed by atoms with van der Waals surface area (Å²) in [5.41, 5.74) is 0.227. The Balaban J connectivity index is 1.75. The quantitative estimate of drug-likeness (QED) is 0.325. The van der Waals surface area contributed by atoms with Crippen molar-refractivity contribution in [3.63, 3.8) is 0 Å². The second-order valence-electron chi connectivity index (χ2n) is 8.58. The molecule has 2 amide bonds. The molecule has 2 heterocycles. The molecule has 2 unspecified atom stereocenters. The molecular formula is C26H26F3N4O4P. The fraction of sp³-hybridized carbons (Fsp3) is 0.269. The Kier molecular flexibility index (Phi) is 8.06. The maximum Gasteiger partial charge on any atom is 0.251 e. The third-order valence-electron chi connectivity index (χ3n) is 6.35. The average molecular weight is 546 g/mol. The van der Waals surface area contributed by atoms with Crippen molar-refractivity contribution in [2.75, 3.05) is 24.4 Å². The Morgan fingerprint density at radius 1 is 1.11 bits per heavy atom. The van der Waals surface area contributed by atoms with Crippen LogP contribution in [-0.2, 0) is 4.79 Å². The van der Waals surface area contributed by atoms with Crippen molar-refractivity contribution >= 4 is 32.6 Å². The van der Waals surface area contributed by atoms with Crippen LogP contribution in [0.2, 0.25) is 0 Å². The summed E-state index contributed by atoms with van der Waals surface area (Å²) in [5, 5.41) is 5.18. The number of nitrogens with zero attached hydrogens (tertiary/aromatic N) is 2. The van der Waals surface area contributed by atoms with Gasteiger partial charge in [0.2, 0.25) is 0 Å². The molecule has 4 rings (SSSR count). The van der Waals surface area contributed by atoms with Crippen molar-refractivity contribution < 1.29 is 32.2 Å². The third-order valence-corrected chi connectivity index (χ3v) is 6.52. The lowest BCUT2D eigenvalue weighted by Gasteiger charge is -2.26. The van der Waals surface area contributed by atoms with Gasteiger partial charge in [-0.25, -0.2) is 18.2 Å². The van der Waals surface area contributed by atoms with E-state index < -0.39 is 47.5 Å². The lowest BCUT2D eigenvalue weighted by molar-refractivity contribution is -0.118. The van der Waals surface area contributed by atoms with Gasteiger partial charge in [0.25, 0.3) is 11.8 Å². The van der Waals surface area contributed by atoms with Crippen LogP contribution in [0.3, 0.4) is 0 Å². The number of amides is 2. The zero-order valence-electron chi connectivity index (χ0n) is 20.7. The molecule has 1 fully saturated rings. The molecule has 0 bridgehead atoms. The van der Waals surface area contributed by atoms with Crippen molar-refractivity contribution in [1.29, 1.82) is 0 Å². The molecule has 0 saturated carbocycles. The van der Waals surface area contributed by atoms with E-state index in [0.29, 0.717) is 5.69 Å². The highest BCUT2D eigenvalue weighted by Gasteiger charge is 2.51. The first kappa shape index (κ1) is 27.2. The molecule has 38 heavy (non-hydrogen) atoms. The monoisotopic (exact) mass is 546 g/mol. The van der Waals surface area contributed by atoms with Crippen LogP contribution in [0.1, 0.15) is 28.8 Å². The zero-order valence-corrected chi connectivity index (χ0v) is 21.9. The number of rotatable bonds is 8. The van der Waals surface area contributed by atoms with Crippen molar-refractivity contribution in [1.82, 2.24) is 10.3 Å². The van der Waals surface area contributed by atoms with Gasteiger partial charge in [-0.3, -0.25) is 14.5 Å². The predicted octanol–water partition coefficient (Wildman–Crippen LogP) is 4.23. The molecule has 1 aromatic heterocycles. The van der Waals surface area contributed by atoms with E-state index in [4.69, 9.17) is 9.47 Å². The smallest absolute Gasteiger partial charge is 0.251 e. The van der Waals surface area contributed by atoms with Gasteiger partial charge in [0.05, 0.1) is 14.2 Å². The van der Waals surface area contributed by atoms with Crippen LogP contribution < -0.4 is 25.0 Å². The van der Waals surface area contributed by atoms with E-state index in [9.17, 15) is 14.0 Å². The minimum absolute atomic E-state index is 0.0285. The number of carbonyl (C=O) groups excluding carboxylic acids is 2. The van der Waals surface area contributed by atoms with E-state index >= 15 is 8.78 Å². The highest BCUT2D eigenvalue weighted by atomic mass is 31.0. The Bertz CT molecular complexity index is 1320. The first-order chi connectivity index (χ1) is 18.2. The summed E-state index contributed by atoms with van der Waals surface area (Å²) < 4.78 is 54.0. The predicted molar refractivity (Wildman–Crippen MR) is 139 cm³/mol. The molecule has 1 aliphatic rings. The van der Waals surface area contributed by atoms with E-state index in [2.05, 4.69) is 15.6 Å². The summed E-state index contributed by atoms with van der Waals surface area (Å²) in [6.07, 6.45) is 1.46. The Morgan fingerprint density at radius 3 is 2.34 bits per heavy atom. The van der Waals surface area contributed by atoms with Gasteiger partial charge in [-0.2, -0.15) is 0 Å². The maximum atomic E-state index is 15.3. The molecule has 12 heteroatoms. The van der Waals surface area contributed by atoms with Crippen LogP contribution >= 0.6 is 9.24 Å². The molecule has 0 radical (unpaired) electrons. The molecule has 0 aliphatic carbocycles. The standard InChI is InChI=1S/C26H26F3N4O4P/c1-13-20(21-17(27)11-16(36-2)12-18(21)28)22(25(35)33(13)23-19(37-3)5-4-10-30-23)32-24(34)14-6-8-15(9-7-14)31-26(29)38/h4-13,20,22,26,31H,38H2,1-3H3,(H,32,34)/t13-,20-,22-,26?/m0/s1. The number of nitrogens with one attached hydrogen (secondary N) is 2. The number of benzene rings is 2. The zero-order chi connectivity index (χ0) is 27.6. The summed E-state index contributed by atoms with van der Waals surface area (Å²) in [5.74, 6) is -3.85. The van der Waals surface area contributed by atoms with E-state index in [-0.39, 0.29) is 28.4 Å². The van der Waals surface area contributed by atoms with Gasteiger partial charge in [0.1, 0.15) is 23.4 Å². The van der Waals surface area contributed by atoms with Gasteiger partial charge in [0.15, 0.2) is 17.6 Å². The average Bonchev–Trinajstić information content (AvgIpc) is 3.12. The highest BCUT2D eigenvalue weighted by molar-refractivity contribution is 7.17. The number of ether oxygens (including phenoxy) is 2. The Morgan fingerprint density at radius 2 is 1.76 bits per heavy atom. The summed E-state index contributed by atoms with van der Waals surface area (Å²) in [6, 6.07) is 7.59. The molecule has 3 aromatic rings. The lowest BCUT2D eigenvalue weighted by atomic mass is 9.87. The summed E-state index contributed by atoms with van der Waals surface area (Å²) >= 11 is 0. The van der Waals surface area contributed by atoms with Crippen molar-refractivity contribution in [2.45, 2.75) is 31.0 Å². The SMILES string of the molecule is COc1cc(F)c([C@H]2[C@H](NC(=O)c3ccc(NC(F)P)cc3)C(=O)N(c3ncccc3OC)[C@H]2C)c(F)c1. The van der Waals surface area contributed by atoms with Crippen molar-refractivity contribution in [3.8, 4) is 11.5 Å². The number of hydrogen-bond acceptors (Lipinski definition) is 6. The van der Waals surface area contributed by atoms with Gasteiger partial charge in [-0.15, -0.1) is 0 Å². The van der Waals surface area contributed by atoms with Gasteiger partial charge < -0.3 is 20.1 Å². The highest BCUT2D eigenvalue weighted by Crippen LogP contribution is 2.42. The first-order valence-electron chi connectivity index (χ1n) is 11.6. The van der Waals surface area contributed by atoms with Crippen LogP contribution in [0.5, 0.6) is 11.5 Å². The number of alkyl halides is 1. The van der Waals surface area contributed by atoms with Crippen LogP contribution in [0.4, 0.5) is 24.7 Å². The number of anilines is 2. The van der Waals surface area contributed by atoms with Gasteiger partial charge in [-0.05, 0) is 43.3 Å². The Hall–Kier alpha value is -3.85. The Labute approximate surface area is 219 Å². The van der Waals surface area contributed by atoms with Crippen molar-refractivity contribution in [2.24, 2.45) is 0 Å². The van der Waals surface area contributed by atoms with Crippen molar-refractivity contribution in [3.05, 3.63) is 77.5 Å². The second-order valence-corrected chi connectivity index (χ2v) is 9.17. The van der Waals surface area contributed by atoms with E-state index in [0.717, 1.165) is 12.1 Å². The van der Waals surface area contributed by atoms with E-state index in [1.54, 1.807) is 19.1 Å². The summed E-state index contributed by atoms with van der Waals surface area (Å²) in [7, 11) is 4.64. The minimum Gasteiger partial charge on any atom is -0.497 e. The number of halogens is 3. The van der Waals surface area contributed by atoms with Crippen LogP contribution in [-0.4, -0.2) is 49.1 Å². The summed E-state index contributed by atoms with van der Waals surface area (Å²) in [6.45, 7) is 1.61. The number of methoxy groups -OCH3 is 2. The van der Waals surface area contributed by atoms with Gasteiger partial charge in [-0.1, -0.05) is 9.24 Å². The van der Waals surface area contributed by atoms with Crippen LogP contribution in [0.15, 0.2) is 54.7 Å². The first-order valence-corrected chi connectivity index (χ1v) is 12.2. The van der Waals surface area contributed by atoms with E-state index in [1.807, 2.05) is 9.24 Å². The minimum atomic E-state index is -1.38. The third kappa shape index (κ3) is 5.24. The molecule has 1 aliphatic heterocycles. The van der Waals surface area contributed by atoms with Crippen LogP contribution in [0.25, 0.3) is 0 Å². The molecule has 2 aromatic carbocycles. The van der Waals surface area contributed by atoms with Gasteiger partial charge in [0, 0.05) is 47.1 Å². The number of pyridine rings is 1. The maximum absolute atomic E-state index is 15.3. The molecule has 8 nitrogen and oxygen atoms in total. The van der Waals surface area contributed by atoms with E-state index in [1.165, 1.54) is 49.6 Å². The fourth-order valence-corrected chi connectivity index (χ4v) is 4.81. The lowest BCUT2D eigenvalue weighted by Crippen LogP contribution is -2.44. The fourth-order valence-electron chi connectivity index (χ4n) is 4.62. The van der Waals surface area contributed by atoms with Gasteiger partial charge >= 0.3 is 0 Å². The van der Waals surface area contributed by atoms with Crippen LogP contribution in [0, 0.1) is 11.6 Å².